The van der Waals surface area contributed by atoms with Crippen molar-refractivity contribution in [2.45, 2.75) is 25.7 Å². The van der Waals surface area contributed by atoms with Crippen molar-refractivity contribution in [3.05, 3.63) is 34.3 Å². The molecule has 0 N–H and O–H groups in total. The number of hydrogen-bond donors (Lipinski definition) is 0. The van der Waals surface area contributed by atoms with Gasteiger partial charge in [-0.15, -0.1) is 0 Å². The first-order valence-electron chi connectivity index (χ1n) is 5.46. The van der Waals surface area contributed by atoms with Crippen LogP contribution in [0.3, 0.4) is 0 Å². The number of rotatable bonds is 2. The molecule has 0 atom stereocenters. The minimum atomic E-state index is -0.400. The van der Waals surface area contributed by atoms with Crippen LogP contribution < -0.4 is 0 Å². The van der Waals surface area contributed by atoms with E-state index in [1.54, 1.807) is 0 Å². The van der Waals surface area contributed by atoms with E-state index in [9.17, 15) is 9.59 Å². The lowest BCUT2D eigenvalue weighted by Gasteiger charge is -2.19. The minimum absolute atomic E-state index is 0.108. The largest absolute Gasteiger partial charge is 0.299 e. The lowest BCUT2D eigenvalue weighted by atomic mass is 9.83. The molecule has 2 rings (SSSR count). The van der Waals surface area contributed by atoms with E-state index in [1.807, 2.05) is 24.3 Å². The van der Waals surface area contributed by atoms with Crippen LogP contribution in [0.15, 0.2) is 28.7 Å². The van der Waals surface area contributed by atoms with Crippen molar-refractivity contribution in [2.75, 3.05) is 0 Å². The molecule has 0 aliphatic heterocycles. The average Bonchev–Trinajstić information content (AvgIpc) is 2.24. The molecule has 0 amide bonds. The number of hydrogen-bond acceptors (Lipinski definition) is 2. The highest BCUT2D eigenvalue weighted by molar-refractivity contribution is 9.10. The molecule has 0 spiro atoms. The highest BCUT2D eigenvalue weighted by atomic mass is 79.9. The van der Waals surface area contributed by atoms with E-state index in [2.05, 4.69) is 15.9 Å². The predicted octanol–water partition coefficient (Wildman–Crippen LogP) is 2.93. The summed E-state index contributed by atoms with van der Waals surface area (Å²) in [6, 6.07) is 7.79. The first-order valence-corrected chi connectivity index (χ1v) is 6.26. The van der Waals surface area contributed by atoms with Crippen molar-refractivity contribution in [1.82, 2.24) is 0 Å². The molecule has 1 aromatic rings. The van der Waals surface area contributed by atoms with Crippen molar-refractivity contribution >= 4 is 27.5 Å². The summed E-state index contributed by atoms with van der Waals surface area (Å²) in [4.78, 5) is 23.3. The van der Waals surface area contributed by atoms with Crippen LogP contribution in [0, 0.1) is 5.92 Å². The van der Waals surface area contributed by atoms with E-state index in [0.29, 0.717) is 19.3 Å². The highest BCUT2D eigenvalue weighted by Crippen LogP contribution is 2.22. The van der Waals surface area contributed by atoms with Crippen molar-refractivity contribution in [1.29, 1.82) is 0 Å². The van der Waals surface area contributed by atoms with Gasteiger partial charge in [0.1, 0.15) is 11.6 Å². The average molecular weight is 281 g/mol. The van der Waals surface area contributed by atoms with Crippen LogP contribution in [0.5, 0.6) is 0 Å². The second-order valence-corrected chi connectivity index (χ2v) is 5.09. The monoisotopic (exact) mass is 280 g/mol. The van der Waals surface area contributed by atoms with Gasteiger partial charge in [0.2, 0.25) is 0 Å². The Balaban J connectivity index is 2.13. The van der Waals surface area contributed by atoms with E-state index in [0.717, 1.165) is 16.5 Å². The predicted molar refractivity (Wildman–Crippen MR) is 65.2 cm³/mol. The third-order valence-electron chi connectivity index (χ3n) is 2.95. The van der Waals surface area contributed by atoms with Gasteiger partial charge in [-0.2, -0.15) is 0 Å². The molecule has 0 radical (unpaired) electrons. The van der Waals surface area contributed by atoms with Crippen molar-refractivity contribution in [2.24, 2.45) is 5.92 Å². The number of carbonyl (C=O) groups excluding carboxylic acids is 2. The van der Waals surface area contributed by atoms with Crippen LogP contribution in [0.2, 0.25) is 0 Å². The zero-order valence-electron chi connectivity index (χ0n) is 8.91. The first-order chi connectivity index (χ1) is 7.66. The Morgan fingerprint density at radius 1 is 1.19 bits per heavy atom. The molecule has 16 heavy (non-hydrogen) atoms. The molecule has 0 unspecified atom stereocenters. The third kappa shape index (κ3) is 2.59. The Bertz CT molecular complexity index is 410. The molecule has 1 aliphatic rings. The van der Waals surface area contributed by atoms with Gasteiger partial charge >= 0.3 is 0 Å². The molecule has 2 nitrogen and oxygen atoms in total. The second kappa shape index (κ2) is 4.91. The van der Waals surface area contributed by atoms with Crippen LogP contribution in [0.1, 0.15) is 24.8 Å². The summed E-state index contributed by atoms with van der Waals surface area (Å²) in [5.41, 5.74) is 1.04. The van der Waals surface area contributed by atoms with E-state index < -0.39 is 5.92 Å². The Kier molecular flexibility index (Phi) is 3.54. The highest BCUT2D eigenvalue weighted by Gasteiger charge is 2.29. The lowest BCUT2D eigenvalue weighted by Crippen LogP contribution is -2.30. The summed E-state index contributed by atoms with van der Waals surface area (Å²) < 4.78 is 0.987. The number of ketones is 2. The molecule has 0 aromatic heterocycles. The maximum Gasteiger partial charge on any atom is 0.143 e. The molecular formula is C13H13BrO2. The fourth-order valence-electron chi connectivity index (χ4n) is 2.09. The normalized spacial score (nSPS) is 17.8. The summed E-state index contributed by atoms with van der Waals surface area (Å²) in [6.07, 6.45) is 2.40. The number of Topliss-reactive ketones (excluding diaryl/α,β-unsaturated/α-hetero) is 2. The fourth-order valence-corrected chi connectivity index (χ4v) is 2.54. The maximum absolute atomic E-state index is 11.7. The van der Waals surface area contributed by atoms with Gasteiger partial charge in [0.05, 0.1) is 5.92 Å². The Morgan fingerprint density at radius 2 is 1.88 bits per heavy atom. The Labute approximate surface area is 103 Å². The van der Waals surface area contributed by atoms with Crippen LogP contribution >= 0.6 is 15.9 Å². The first kappa shape index (κ1) is 11.5. The van der Waals surface area contributed by atoms with Crippen molar-refractivity contribution < 1.29 is 9.59 Å². The van der Waals surface area contributed by atoms with Gasteiger partial charge in [0.25, 0.3) is 0 Å². The van der Waals surface area contributed by atoms with Crippen molar-refractivity contribution in [3.63, 3.8) is 0 Å². The summed E-state index contributed by atoms with van der Waals surface area (Å²) in [5, 5.41) is 0. The van der Waals surface area contributed by atoms with E-state index >= 15 is 0 Å². The molecule has 0 bridgehead atoms. The van der Waals surface area contributed by atoms with Gasteiger partial charge in [-0.1, -0.05) is 28.1 Å². The van der Waals surface area contributed by atoms with E-state index in [1.165, 1.54) is 0 Å². The van der Waals surface area contributed by atoms with E-state index in [-0.39, 0.29) is 11.6 Å². The van der Waals surface area contributed by atoms with Gasteiger partial charge in [-0.25, -0.2) is 0 Å². The number of benzene rings is 1. The topological polar surface area (TPSA) is 34.1 Å². The number of halogens is 1. The molecule has 0 heterocycles. The number of carbonyl (C=O) groups is 2. The van der Waals surface area contributed by atoms with Crippen LogP contribution in [-0.4, -0.2) is 11.6 Å². The van der Waals surface area contributed by atoms with Crippen LogP contribution in [-0.2, 0) is 16.0 Å². The molecular weight excluding hydrogens is 268 g/mol. The van der Waals surface area contributed by atoms with Crippen LogP contribution in [0.4, 0.5) is 0 Å². The molecule has 84 valence electrons. The van der Waals surface area contributed by atoms with Crippen LogP contribution in [0.25, 0.3) is 0 Å². The van der Waals surface area contributed by atoms with Gasteiger partial charge in [0.15, 0.2) is 0 Å². The van der Waals surface area contributed by atoms with Gasteiger partial charge in [-0.05, 0) is 30.5 Å². The second-order valence-electron chi connectivity index (χ2n) is 4.17. The molecule has 1 saturated carbocycles. The Morgan fingerprint density at radius 3 is 2.50 bits per heavy atom. The standard InChI is InChI=1S/C13H13BrO2/c14-10-4-1-3-9(7-10)8-11-12(15)5-2-6-13(11)16/h1,3-4,7,11H,2,5-6,8H2. The van der Waals surface area contributed by atoms with Gasteiger partial charge in [0, 0.05) is 17.3 Å². The Hall–Kier alpha value is -0.960. The molecule has 0 saturated heterocycles. The zero-order chi connectivity index (χ0) is 11.5. The fraction of sp³-hybridized carbons (Fsp3) is 0.385. The smallest absolute Gasteiger partial charge is 0.143 e. The maximum atomic E-state index is 11.7. The molecule has 3 heteroatoms. The third-order valence-corrected chi connectivity index (χ3v) is 3.45. The summed E-state index contributed by atoms with van der Waals surface area (Å²) >= 11 is 3.39. The van der Waals surface area contributed by atoms with Gasteiger partial charge < -0.3 is 0 Å². The van der Waals surface area contributed by atoms with E-state index in [4.69, 9.17) is 0 Å². The summed E-state index contributed by atoms with van der Waals surface area (Å²) in [7, 11) is 0. The van der Waals surface area contributed by atoms with Crippen molar-refractivity contribution in [3.8, 4) is 0 Å². The summed E-state index contributed by atoms with van der Waals surface area (Å²) in [5.74, 6) is -0.185. The van der Waals surface area contributed by atoms with Gasteiger partial charge in [-0.3, -0.25) is 9.59 Å². The quantitative estimate of drug-likeness (QED) is 0.781. The summed E-state index contributed by atoms with van der Waals surface area (Å²) in [6.45, 7) is 0. The lowest BCUT2D eigenvalue weighted by molar-refractivity contribution is -0.135. The molecule has 1 fully saturated rings. The molecule has 1 aromatic carbocycles. The molecule has 1 aliphatic carbocycles. The SMILES string of the molecule is O=C1CCCC(=O)C1Cc1cccc(Br)c1. The zero-order valence-corrected chi connectivity index (χ0v) is 10.5. The minimum Gasteiger partial charge on any atom is -0.299 e.